The second-order valence-corrected chi connectivity index (χ2v) is 5.56. The number of hydrogen-bond acceptors (Lipinski definition) is 4. The Balaban J connectivity index is 1.60. The van der Waals surface area contributed by atoms with Crippen molar-refractivity contribution in [3.05, 3.63) is 65.5 Å². The average Bonchev–Trinajstić information content (AvgIpc) is 3.21. The highest BCUT2D eigenvalue weighted by molar-refractivity contribution is 6.07. The van der Waals surface area contributed by atoms with Gasteiger partial charge in [0, 0.05) is 23.4 Å². The summed E-state index contributed by atoms with van der Waals surface area (Å²) in [6.45, 7) is 2.50. The fourth-order valence-electron chi connectivity index (χ4n) is 2.87. The first kappa shape index (κ1) is 13.7. The van der Waals surface area contributed by atoms with E-state index in [0.717, 1.165) is 24.2 Å². The molecule has 0 bridgehead atoms. The summed E-state index contributed by atoms with van der Waals surface area (Å²) in [7, 11) is 0. The Morgan fingerprint density at radius 3 is 2.65 bits per heavy atom. The fourth-order valence-corrected chi connectivity index (χ4v) is 2.87. The van der Waals surface area contributed by atoms with Crippen molar-refractivity contribution < 1.29 is 9.32 Å². The van der Waals surface area contributed by atoms with Crippen molar-refractivity contribution in [3.63, 3.8) is 0 Å². The molecule has 0 aliphatic carbocycles. The van der Waals surface area contributed by atoms with Crippen LogP contribution in [0.3, 0.4) is 0 Å². The molecule has 1 aliphatic heterocycles. The number of aryl methyl sites for hydroxylation is 1. The number of rotatable bonds is 2. The van der Waals surface area contributed by atoms with Crippen LogP contribution in [0.1, 0.15) is 21.7 Å². The van der Waals surface area contributed by atoms with E-state index < -0.39 is 0 Å². The predicted molar refractivity (Wildman–Crippen MR) is 86.3 cm³/mol. The van der Waals surface area contributed by atoms with Crippen molar-refractivity contribution >= 4 is 11.6 Å². The number of carbonyl (C=O) groups excluding carboxylic acids is 1. The Morgan fingerprint density at radius 1 is 1.13 bits per heavy atom. The SMILES string of the molecule is Cc1noc(-c2ccc(C(=O)N3CCc4ccccc43)cc2)n1. The fraction of sp³-hybridized carbons (Fsp3) is 0.167. The van der Waals surface area contributed by atoms with E-state index in [9.17, 15) is 4.79 Å². The topological polar surface area (TPSA) is 59.2 Å². The minimum atomic E-state index is 0.0169. The standard InChI is InChI=1S/C18H15N3O2/c1-12-19-17(23-20-12)14-6-8-15(9-7-14)18(22)21-11-10-13-4-2-3-5-16(13)21/h2-9H,10-11H2,1H3. The molecule has 0 atom stereocenters. The number of amides is 1. The third-order valence-electron chi connectivity index (χ3n) is 4.04. The highest BCUT2D eigenvalue weighted by Gasteiger charge is 2.25. The van der Waals surface area contributed by atoms with Gasteiger partial charge in [0.25, 0.3) is 11.8 Å². The van der Waals surface area contributed by atoms with Crippen LogP contribution in [0.2, 0.25) is 0 Å². The first-order valence-corrected chi connectivity index (χ1v) is 7.53. The smallest absolute Gasteiger partial charge is 0.258 e. The van der Waals surface area contributed by atoms with Gasteiger partial charge in [0.15, 0.2) is 5.82 Å². The Kier molecular flexibility index (Phi) is 3.19. The number of carbonyl (C=O) groups is 1. The zero-order chi connectivity index (χ0) is 15.8. The van der Waals surface area contributed by atoms with Gasteiger partial charge >= 0.3 is 0 Å². The van der Waals surface area contributed by atoms with Gasteiger partial charge in [-0.3, -0.25) is 4.79 Å². The number of aromatic nitrogens is 2. The summed E-state index contributed by atoms with van der Waals surface area (Å²) in [6, 6.07) is 15.3. The van der Waals surface area contributed by atoms with Crippen molar-refractivity contribution in [2.75, 3.05) is 11.4 Å². The van der Waals surface area contributed by atoms with Crippen molar-refractivity contribution in [1.29, 1.82) is 0 Å². The molecule has 4 rings (SSSR count). The molecule has 1 amide bonds. The minimum Gasteiger partial charge on any atom is -0.334 e. The summed E-state index contributed by atoms with van der Waals surface area (Å²) >= 11 is 0. The molecule has 23 heavy (non-hydrogen) atoms. The number of hydrogen-bond donors (Lipinski definition) is 0. The van der Waals surface area contributed by atoms with E-state index >= 15 is 0 Å². The van der Waals surface area contributed by atoms with E-state index in [1.807, 2.05) is 35.2 Å². The van der Waals surface area contributed by atoms with Gasteiger partial charge in [-0.15, -0.1) is 0 Å². The Labute approximate surface area is 133 Å². The average molecular weight is 305 g/mol. The van der Waals surface area contributed by atoms with Crippen LogP contribution in [0.5, 0.6) is 0 Å². The second kappa shape index (κ2) is 5.35. The first-order chi connectivity index (χ1) is 11.2. The van der Waals surface area contributed by atoms with Gasteiger partial charge in [0.2, 0.25) is 0 Å². The van der Waals surface area contributed by atoms with Crippen molar-refractivity contribution in [1.82, 2.24) is 10.1 Å². The molecule has 0 unspecified atom stereocenters. The van der Waals surface area contributed by atoms with Crippen LogP contribution in [0.15, 0.2) is 53.1 Å². The van der Waals surface area contributed by atoms with Crippen LogP contribution >= 0.6 is 0 Å². The van der Waals surface area contributed by atoms with Crippen LogP contribution in [-0.2, 0) is 6.42 Å². The van der Waals surface area contributed by atoms with E-state index in [-0.39, 0.29) is 5.91 Å². The van der Waals surface area contributed by atoms with E-state index in [4.69, 9.17) is 4.52 Å². The van der Waals surface area contributed by atoms with Crippen LogP contribution in [0.4, 0.5) is 5.69 Å². The summed E-state index contributed by atoms with van der Waals surface area (Å²) in [5.41, 5.74) is 3.69. The number of anilines is 1. The molecule has 2 heterocycles. The Bertz CT molecular complexity index is 868. The molecule has 0 fully saturated rings. The zero-order valence-electron chi connectivity index (χ0n) is 12.7. The Morgan fingerprint density at radius 2 is 1.91 bits per heavy atom. The summed E-state index contributed by atoms with van der Waals surface area (Å²) in [6.07, 6.45) is 0.904. The van der Waals surface area contributed by atoms with Gasteiger partial charge in [0.05, 0.1) is 0 Å². The third kappa shape index (κ3) is 2.40. The molecule has 5 nitrogen and oxygen atoms in total. The largest absolute Gasteiger partial charge is 0.334 e. The van der Waals surface area contributed by atoms with Crippen molar-refractivity contribution in [2.24, 2.45) is 0 Å². The van der Waals surface area contributed by atoms with Gasteiger partial charge in [-0.05, 0) is 49.2 Å². The van der Waals surface area contributed by atoms with Crippen molar-refractivity contribution in [2.45, 2.75) is 13.3 Å². The van der Waals surface area contributed by atoms with Crippen LogP contribution in [-0.4, -0.2) is 22.6 Å². The predicted octanol–water partition coefficient (Wildman–Crippen LogP) is 3.25. The van der Waals surface area contributed by atoms with Crippen molar-refractivity contribution in [3.8, 4) is 11.5 Å². The number of nitrogens with zero attached hydrogens (tertiary/aromatic N) is 3. The van der Waals surface area contributed by atoms with Gasteiger partial charge in [-0.1, -0.05) is 23.4 Å². The van der Waals surface area contributed by atoms with E-state index in [1.54, 1.807) is 19.1 Å². The first-order valence-electron chi connectivity index (χ1n) is 7.53. The molecule has 0 radical (unpaired) electrons. The van der Waals surface area contributed by atoms with Crippen LogP contribution < -0.4 is 4.90 Å². The summed E-state index contributed by atoms with van der Waals surface area (Å²) in [5, 5.41) is 3.78. The highest BCUT2D eigenvalue weighted by Crippen LogP contribution is 2.29. The second-order valence-electron chi connectivity index (χ2n) is 5.56. The molecule has 0 spiro atoms. The molecule has 0 saturated carbocycles. The summed E-state index contributed by atoms with van der Waals surface area (Å²) in [5.74, 6) is 1.07. The van der Waals surface area contributed by atoms with E-state index in [1.165, 1.54) is 5.56 Å². The molecule has 1 aliphatic rings. The maximum absolute atomic E-state index is 12.7. The summed E-state index contributed by atoms with van der Waals surface area (Å²) in [4.78, 5) is 18.8. The van der Waals surface area contributed by atoms with E-state index in [2.05, 4.69) is 16.2 Å². The monoisotopic (exact) mass is 305 g/mol. The molecule has 114 valence electrons. The molecule has 5 heteroatoms. The van der Waals surface area contributed by atoms with E-state index in [0.29, 0.717) is 17.3 Å². The number of para-hydroxylation sites is 1. The van der Waals surface area contributed by atoms with Gasteiger partial charge in [-0.2, -0.15) is 4.98 Å². The lowest BCUT2D eigenvalue weighted by Gasteiger charge is -2.17. The molecular formula is C18H15N3O2. The number of benzene rings is 2. The molecule has 2 aromatic carbocycles. The lowest BCUT2D eigenvalue weighted by atomic mass is 10.1. The molecule has 1 aromatic heterocycles. The quantitative estimate of drug-likeness (QED) is 0.729. The maximum Gasteiger partial charge on any atom is 0.258 e. The molecule has 0 N–H and O–H groups in total. The third-order valence-corrected chi connectivity index (χ3v) is 4.04. The summed E-state index contributed by atoms with van der Waals surface area (Å²) < 4.78 is 5.14. The minimum absolute atomic E-state index is 0.0169. The van der Waals surface area contributed by atoms with Gasteiger partial charge in [-0.25, -0.2) is 0 Å². The van der Waals surface area contributed by atoms with Gasteiger partial charge in [0.1, 0.15) is 0 Å². The zero-order valence-corrected chi connectivity index (χ0v) is 12.7. The van der Waals surface area contributed by atoms with Gasteiger partial charge < -0.3 is 9.42 Å². The lowest BCUT2D eigenvalue weighted by Crippen LogP contribution is -2.28. The van der Waals surface area contributed by atoms with Crippen LogP contribution in [0, 0.1) is 6.92 Å². The molecule has 0 saturated heterocycles. The lowest BCUT2D eigenvalue weighted by molar-refractivity contribution is 0.0989. The molecular weight excluding hydrogens is 290 g/mol. The Hall–Kier alpha value is -2.95. The highest BCUT2D eigenvalue weighted by atomic mass is 16.5. The van der Waals surface area contributed by atoms with Crippen LogP contribution in [0.25, 0.3) is 11.5 Å². The number of fused-ring (bicyclic) bond motifs is 1. The maximum atomic E-state index is 12.7. The normalized spacial score (nSPS) is 13.2. The molecule has 3 aromatic rings.